The summed E-state index contributed by atoms with van der Waals surface area (Å²) in [4.78, 5) is 24.5. The highest BCUT2D eigenvalue weighted by molar-refractivity contribution is 5.97. The van der Waals surface area contributed by atoms with Gasteiger partial charge in [-0.05, 0) is 36.1 Å². The maximum absolute atomic E-state index is 12.9. The Bertz CT molecular complexity index is 546. The van der Waals surface area contributed by atoms with E-state index in [0.29, 0.717) is 0 Å². The predicted molar refractivity (Wildman–Crippen MR) is 91.0 cm³/mol. The van der Waals surface area contributed by atoms with Gasteiger partial charge >= 0.3 is 0 Å². The zero-order valence-electron chi connectivity index (χ0n) is 14.7. The summed E-state index contributed by atoms with van der Waals surface area (Å²) in [6.07, 6.45) is 0.186. The highest BCUT2D eigenvalue weighted by Gasteiger charge is 2.25. The van der Waals surface area contributed by atoms with E-state index < -0.39 is 23.9 Å². The first kappa shape index (κ1) is 20.1. The molecular weight excluding hydrogens is 311 g/mol. The number of halogens is 1. The van der Waals surface area contributed by atoms with E-state index >= 15 is 0 Å². The molecule has 0 radical (unpaired) electrons. The molecule has 0 fully saturated rings. The number of carbonyl (C=O) groups is 2. The number of hydrogen-bond acceptors (Lipinski definition) is 3. The quantitative estimate of drug-likeness (QED) is 0.679. The fourth-order valence-electron chi connectivity index (χ4n) is 2.15. The van der Waals surface area contributed by atoms with Gasteiger partial charge in [-0.25, -0.2) is 4.39 Å². The van der Waals surface area contributed by atoms with Gasteiger partial charge in [-0.15, -0.1) is 0 Å². The lowest BCUT2D eigenvalue weighted by molar-refractivity contribution is -0.124. The van der Waals surface area contributed by atoms with Crippen LogP contribution in [0, 0.1) is 17.7 Å². The van der Waals surface area contributed by atoms with E-state index in [4.69, 9.17) is 0 Å². The average Bonchev–Trinajstić information content (AvgIpc) is 2.56. The summed E-state index contributed by atoms with van der Waals surface area (Å²) in [6.45, 7) is 7.66. The van der Waals surface area contributed by atoms with E-state index in [0.717, 1.165) is 6.42 Å². The Balaban J connectivity index is 2.67. The second-order valence-electron chi connectivity index (χ2n) is 6.40. The van der Waals surface area contributed by atoms with Gasteiger partial charge < -0.3 is 15.7 Å². The van der Waals surface area contributed by atoms with Gasteiger partial charge in [0.25, 0.3) is 5.91 Å². The number of rotatable bonds is 8. The maximum Gasteiger partial charge on any atom is 0.251 e. The molecule has 0 aromatic heterocycles. The smallest absolute Gasteiger partial charge is 0.251 e. The predicted octanol–water partition coefficient (Wildman–Crippen LogP) is 2.10. The molecule has 0 saturated heterocycles. The third-order valence-electron chi connectivity index (χ3n) is 4.13. The molecule has 2 amide bonds. The van der Waals surface area contributed by atoms with Gasteiger partial charge in [0.2, 0.25) is 5.91 Å². The van der Waals surface area contributed by atoms with Crippen LogP contribution in [0.2, 0.25) is 0 Å². The summed E-state index contributed by atoms with van der Waals surface area (Å²) < 4.78 is 12.9. The minimum absolute atomic E-state index is 0.0802. The zero-order chi connectivity index (χ0) is 18.3. The number of carbonyl (C=O) groups excluding carboxylic acids is 2. The molecule has 0 aliphatic heterocycles. The number of benzene rings is 1. The number of hydrogen-bond donors (Lipinski definition) is 3. The third kappa shape index (κ3) is 5.92. The number of nitrogens with one attached hydrogen (secondary N) is 2. The fourth-order valence-corrected chi connectivity index (χ4v) is 2.15. The standard InChI is InChI=1S/C18H27FN2O3/c1-5-12(4)15(22)10-20-18(24)16(11(2)3)21-17(23)13-6-8-14(19)9-7-13/h6-9,11-12,15-16,22H,5,10H2,1-4H3,(H,20,24)(H,21,23). The lowest BCUT2D eigenvalue weighted by Gasteiger charge is -2.24. The van der Waals surface area contributed by atoms with Crippen LogP contribution in [0.25, 0.3) is 0 Å². The van der Waals surface area contributed by atoms with Crippen molar-refractivity contribution < 1.29 is 19.1 Å². The van der Waals surface area contributed by atoms with Crippen LogP contribution in [0.15, 0.2) is 24.3 Å². The lowest BCUT2D eigenvalue weighted by atomic mass is 10.0. The third-order valence-corrected chi connectivity index (χ3v) is 4.13. The van der Waals surface area contributed by atoms with Crippen molar-refractivity contribution in [1.29, 1.82) is 0 Å². The fraction of sp³-hybridized carbons (Fsp3) is 0.556. The van der Waals surface area contributed by atoms with Gasteiger partial charge in [0.1, 0.15) is 11.9 Å². The van der Waals surface area contributed by atoms with Crippen molar-refractivity contribution in [3.05, 3.63) is 35.6 Å². The first-order valence-electron chi connectivity index (χ1n) is 8.28. The molecule has 3 unspecified atom stereocenters. The van der Waals surface area contributed by atoms with Crippen molar-refractivity contribution in [2.45, 2.75) is 46.3 Å². The number of amides is 2. The first-order valence-corrected chi connectivity index (χ1v) is 8.28. The summed E-state index contributed by atoms with van der Waals surface area (Å²) in [7, 11) is 0. The van der Waals surface area contributed by atoms with E-state index in [1.54, 1.807) is 0 Å². The van der Waals surface area contributed by atoms with Crippen molar-refractivity contribution in [2.75, 3.05) is 6.54 Å². The topological polar surface area (TPSA) is 78.4 Å². The van der Waals surface area contributed by atoms with Gasteiger partial charge in [-0.2, -0.15) is 0 Å². The molecule has 5 nitrogen and oxygen atoms in total. The van der Waals surface area contributed by atoms with E-state index in [-0.39, 0.29) is 29.9 Å². The van der Waals surface area contributed by atoms with E-state index in [1.165, 1.54) is 24.3 Å². The Morgan fingerprint density at radius 2 is 1.75 bits per heavy atom. The molecule has 1 rings (SSSR count). The summed E-state index contributed by atoms with van der Waals surface area (Å²) >= 11 is 0. The average molecular weight is 338 g/mol. The SMILES string of the molecule is CCC(C)C(O)CNC(=O)C(NC(=O)c1ccc(F)cc1)C(C)C. The van der Waals surface area contributed by atoms with Crippen molar-refractivity contribution >= 4 is 11.8 Å². The molecular formula is C18H27FN2O3. The van der Waals surface area contributed by atoms with Crippen LogP contribution >= 0.6 is 0 Å². The summed E-state index contributed by atoms with van der Waals surface area (Å²) in [6, 6.07) is 4.40. The molecule has 3 atom stereocenters. The van der Waals surface area contributed by atoms with Crippen LogP contribution in [-0.2, 0) is 4.79 Å². The molecule has 1 aromatic carbocycles. The zero-order valence-corrected chi connectivity index (χ0v) is 14.7. The molecule has 0 aliphatic rings. The Labute approximate surface area is 142 Å². The van der Waals surface area contributed by atoms with Gasteiger partial charge in [-0.3, -0.25) is 9.59 Å². The molecule has 6 heteroatoms. The van der Waals surface area contributed by atoms with Crippen molar-refractivity contribution in [3.8, 4) is 0 Å². The summed E-state index contributed by atoms with van der Waals surface area (Å²) in [5, 5.41) is 15.3. The maximum atomic E-state index is 12.9. The molecule has 0 bridgehead atoms. The normalized spacial score (nSPS) is 14.8. The Morgan fingerprint density at radius 3 is 2.25 bits per heavy atom. The van der Waals surface area contributed by atoms with Crippen molar-refractivity contribution in [1.82, 2.24) is 10.6 Å². The van der Waals surface area contributed by atoms with Crippen molar-refractivity contribution in [3.63, 3.8) is 0 Å². The van der Waals surface area contributed by atoms with Crippen LogP contribution in [0.5, 0.6) is 0 Å². The van der Waals surface area contributed by atoms with E-state index in [2.05, 4.69) is 10.6 Å². The van der Waals surface area contributed by atoms with Crippen LogP contribution < -0.4 is 10.6 Å². The molecule has 0 saturated carbocycles. The first-order chi connectivity index (χ1) is 11.3. The van der Waals surface area contributed by atoms with Gasteiger partial charge in [-0.1, -0.05) is 34.1 Å². The second kappa shape index (κ2) is 9.37. The minimum atomic E-state index is -0.730. The van der Waals surface area contributed by atoms with Crippen LogP contribution in [0.4, 0.5) is 4.39 Å². The molecule has 3 N–H and O–H groups in total. The highest BCUT2D eigenvalue weighted by atomic mass is 19.1. The Kier molecular flexibility index (Phi) is 7.85. The highest BCUT2D eigenvalue weighted by Crippen LogP contribution is 2.08. The Hall–Kier alpha value is -1.95. The van der Waals surface area contributed by atoms with Crippen molar-refractivity contribution in [2.24, 2.45) is 11.8 Å². The molecule has 24 heavy (non-hydrogen) atoms. The molecule has 1 aromatic rings. The summed E-state index contributed by atoms with van der Waals surface area (Å²) in [5.41, 5.74) is 0.287. The van der Waals surface area contributed by atoms with Crippen LogP contribution in [0.3, 0.4) is 0 Å². The van der Waals surface area contributed by atoms with E-state index in [1.807, 2.05) is 27.7 Å². The van der Waals surface area contributed by atoms with E-state index in [9.17, 15) is 19.1 Å². The lowest BCUT2D eigenvalue weighted by Crippen LogP contribution is -2.51. The number of aliphatic hydroxyl groups excluding tert-OH is 1. The largest absolute Gasteiger partial charge is 0.391 e. The molecule has 134 valence electrons. The van der Waals surface area contributed by atoms with Crippen LogP contribution in [-0.4, -0.2) is 35.6 Å². The molecule has 0 aliphatic carbocycles. The Morgan fingerprint density at radius 1 is 1.17 bits per heavy atom. The van der Waals surface area contributed by atoms with Gasteiger partial charge in [0, 0.05) is 12.1 Å². The van der Waals surface area contributed by atoms with Gasteiger partial charge in [0.15, 0.2) is 0 Å². The van der Waals surface area contributed by atoms with Gasteiger partial charge in [0.05, 0.1) is 6.10 Å². The van der Waals surface area contributed by atoms with Crippen LogP contribution in [0.1, 0.15) is 44.5 Å². The molecule has 0 heterocycles. The summed E-state index contributed by atoms with van der Waals surface area (Å²) in [5.74, 6) is -1.26. The monoisotopic (exact) mass is 338 g/mol. The second-order valence-corrected chi connectivity index (χ2v) is 6.40. The number of aliphatic hydroxyl groups is 1. The molecule has 0 spiro atoms. The minimum Gasteiger partial charge on any atom is -0.391 e.